The van der Waals surface area contributed by atoms with E-state index in [1.54, 1.807) is 64.4 Å². The lowest BCUT2D eigenvalue weighted by Crippen LogP contribution is -2.50. The van der Waals surface area contributed by atoms with E-state index >= 15 is 0 Å². The van der Waals surface area contributed by atoms with Gasteiger partial charge in [-0.3, -0.25) is 24.3 Å². The van der Waals surface area contributed by atoms with E-state index in [4.69, 9.17) is 115 Å². The van der Waals surface area contributed by atoms with Gasteiger partial charge in [0.25, 0.3) is 0 Å². The molecule has 584 valence electrons. The van der Waals surface area contributed by atoms with Crippen LogP contribution in [0.5, 0.6) is 0 Å². The predicted molar refractivity (Wildman–Crippen MR) is 433 cm³/mol. The number of allylic oxidation sites excluding steroid dienone is 3. The molecule has 9 heterocycles. The fourth-order valence-corrected chi connectivity index (χ4v) is 21.5. The highest BCUT2D eigenvalue weighted by Crippen LogP contribution is 2.47. The number of carbonyl (C=O) groups is 2. The molecule has 3 aliphatic carbocycles. The van der Waals surface area contributed by atoms with Gasteiger partial charge in [-0.25, -0.2) is 52.4 Å². The number of carboxylic acid groups (broad SMARTS) is 1. The number of sulfone groups is 1. The number of aromatic nitrogens is 12. The first-order valence-corrected chi connectivity index (χ1v) is 42.5. The van der Waals surface area contributed by atoms with Crippen molar-refractivity contribution in [2.45, 2.75) is 179 Å². The minimum atomic E-state index is -3.61. The maximum absolute atomic E-state index is 13.8. The molecule has 15 unspecified atom stereocenters. The number of aliphatic hydroxyl groups is 1. The first-order valence-electron chi connectivity index (χ1n) is 38.2. The van der Waals surface area contributed by atoms with E-state index < -0.39 is 63.8 Å². The summed E-state index contributed by atoms with van der Waals surface area (Å²) in [6.45, 7) is 12.3. The fourth-order valence-electron chi connectivity index (χ4n) is 19.1. The number of aliphatic carboxylic acids is 1. The van der Waals surface area contributed by atoms with Crippen molar-refractivity contribution >= 4 is 142 Å². The third-order valence-corrected chi connectivity index (χ3v) is 27.0. The number of carbonyl (C=O) groups excluding carboxylic acids is 1. The van der Waals surface area contributed by atoms with Crippen LogP contribution in [0.1, 0.15) is 180 Å². The summed E-state index contributed by atoms with van der Waals surface area (Å²) in [6.07, 6.45) is 19.2. The van der Waals surface area contributed by atoms with E-state index in [9.17, 15) is 38.7 Å². The van der Waals surface area contributed by atoms with Crippen LogP contribution >= 0.6 is 69.6 Å². The largest absolute Gasteiger partial charge is 0.481 e. The SMILES string of the molecule is Cc1nn(C(CC2CC(C(O)CS(C)(=O)=O)N(C3CC=C(c4cnc5c(C#N)nn(C(C)c6ccc(Cl)cc6Cl)c5n4)CC3C)C2)c2ccc(Cl)cc2Cl)c2nc(C3=CCC(N4CC(CC(c5ccc(Cl)cc5Cl)n5nc(C#N)c6ncc(C7=CCC(N8CCCC8CC(=O)O)C(C)C7)nc65)CC4C(N)=O)C(C)C3)cnc12. The van der Waals surface area contributed by atoms with Gasteiger partial charge < -0.3 is 15.9 Å². The third kappa shape index (κ3) is 15.9. The number of aliphatic hydroxyl groups excluding tert-OH is 1. The van der Waals surface area contributed by atoms with Gasteiger partial charge in [0.15, 0.2) is 28.3 Å². The van der Waals surface area contributed by atoms with Crippen LogP contribution < -0.4 is 5.73 Å². The van der Waals surface area contributed by atoms with Crippen LogP contribution in [0.25, 0.3) is 50.2 Å². The van der Waals surface area contributed by atoms with Crippen molar-refractivity contribution in [2.24, 2.45) is 35.3 Å². The fraction of sp³-hybridized carbons (Fsp3) is 0.469. The normalized spacial score (nSPS) is 25.2. The zero-order valence-electron chi connectivity index (χ0n) is 62.7. The van der Waals surface area contributed by atoms with Crippen LogP contribution in [0.3, 0.4) is 0 Å². The van der Waals surface area contributed by atoms with E-state index in [0.717, 1.165) is 59.9 Å². The molecule has 3 aromatic carbocycles. The number of nitriles is 2. The molecule has 1 amide bonds. The number of likely N-dealkylation sites (tertiary alicyclic amines) is 3. The monoisotopic (exact) mass is 1650 g/mol. The Morgan fingerprint density at radius 1 is 0.616 bits per heavy atom. The van der Waals surface area contributed by atoms with Crippen LogP contribution in [0.4, 0.5) is 0 Å². The van der Waals surface area contributed by atoms with Crippen molar-refractivity contribution in [1.82, 2.24) is 73.9 Å². The molecular formula is C81H86Cl6N18O6S. The Balaban J connectivity index is 0.688. The Morgan fingerprint density at radius 2 is 1.05 bits per heavy atom. The molecule has 4 N–H and O–H groups in total. The lowest BCUT2D eigenvalue weighted by molar-refractivity contribution is -0.138. The minimum absolute atomic E-state index is 0.00220. The molecule has 3 aliphatic heterocycles. The van der Waals surface area contributed by atoms with Gasteiger partial charge in [-0.05, 0) is 197 Å². The molecule has 3 saturated heterocycles. The van der Waals surface area contributed by atoms with Crippen molar-refractivity contribution in [3.8, 4) is 12.1 Å². The van der Waals surface area contributed by atoms with Crippen molar-refractivity contribution in [3.05, 3.63) is 172 Å². The van der Waals surface area contributed by atoms with Crippen molar-refractivity contribution in [1.29, 1.82) is 10.5 Å². The summed E-state index contributed by atoms with van der Waals surface area (Å²) < 4.78 is 31.5. The zero-order valence-corrected chi connectivity index (χ0v) is 68.1. The first kappa shape index (κ1) is 79.2. The van der Waals surface area contributed by atoms with Crippen LogP contribution in [-0.2, 0) is 19.4 Å². The molecule has 6 aromatic heterocycles. The van der Waals surface area contributed by atoms with Crippen LogP contribution in [0, 0.1) is 59.2 Å². The highest BCUT2D eigenvalue weighted by Gasteiger charge is 2.47. The van der Waals surface area contributed by atoms with E-state index in [0.29, 0.717) is 163 Å². The van der Waals surface area contributed by atoms with E-state index in [1.165, 1.54) is 0 Å². The van der Waals surface area contributed by atoms with Gasteiger partial charge in [0.05, 0.1) is 83.8 Å². The topological polar surface area (TPSA) is 323 Å². The Hall–Kier alpha value is -8.02. The third-order valence-electron chi connectivity index (χ3n) is 24.4. The molecule has 24 nitrogen and oxygen atoms in total. The number of benzene rings is 3. The molecule has 0 spiro atoms. The lowest BCUT2D eigenvalue weighted by Gasteiger charge is -2.40. The standard InChI is InChI=1S/C81H86Cl6N18O6S/c1-41-22-48(9-18-66(41)100-21-7-8-54(100)32-74(107)108)65-37-93-77-62(34-89)99-105(81(77)96-65)70(57-17-14-53(84)31-60(57)87)26-47-28-72(78(90)109)102(39-47)68-20-11-49(24-43(68)3)63-35-91-75-44(4)97-104(79(75)94-63)69(56-16-13-52(83)30-59(56)86)25-46-27-71(73(106)40-112(6,110)111)101(38-46)67-19-10-50(23-42(67)2)64-36-92-76-61(33-88)98-103(80(76)95-64)45(5)55-15-12-51(82)29-58(55)85/h9-17,29-31,35-37,41-43,45-47,54,66-73,106H,7-8,18-28,32,38-40H2,1-6H3,(H2,90,109)(H,107,108). The number of hydrogen-bond acceptors (Lipinski definition) is 19. The highest BCUT2D eigenvalue weighted by atomic mass is 35.5. The van der Waals surface area contributed by atoms with E-state index in [2.05, 4.69) is 70.9 Å². The maximum Gasteiger partial charge on any atom is 0.304 e. The maximum atomic E-state index is 13.8. The van der Waals surface area contributed by atoms with Crippen molar-refractivity contribution in [2.75, 3.05) is 31.6 Å². The van der Waals surface area contributed by atoms with Crippen LogP contribution in [0.15, 0.2) is 91.4 Å². The Kier molecular flexibility index (Phi) is 22.9. The number of amides is 1. The number of aryl methyl sites for hydroxylation is 1. The summed E-state index contributed by atoms with van der Waals surface area (Å²) in [7, 11) is -3.61. The average molecular weight is 1650 g/mol. The van der Waals surface area contributed by atoms with Gasteiger partial charge >= 0.3 is 5.97 Å². The average Bonchev–Trinajstić information content (AvgIpc) is 1.61. The Labute approximate surface area is 679 Å². The smallest absolute Gasteiger partial charge is 0.304 e. The van der Waals surface area contributed by atoms with Gasteiger partial charge in [-0.15, -0.1) is 0 Å². The molecular weight excluding hydrogens is 1570 g/mol. The molecule has 0 saturated carbocycles. The number of primary amides is 1. The molecule has 9 aromatic rings. The Bertz CT molecular complexity index is 5520. The van der Waals surface area contributed by atoms with Gasteiger partial charge in [-0.2, -0.15) is 25.8 Å². The van der Waals surface area contributed by atoms with Crippen molar-refractivity contribution in [3.63, 3.8) is 0 Å². The van der Waals surface area contributed by atoms with Crippen LogP contribution in [-0.4, -0.2) is 178 Å². The number of halogens is 6. The van der Waals surface area contributed by atoms with Gasteiger partial charge in [0, 0.05) is 79.7 Å². The molecule has 112 heavy (non-hydrogen) atoms. The second-order valence-electron chi connectivity index (χ2n) is 31.8. The molecule has 6 aliphatic rings. The molecule has 0 bridgehead atoms. The van der Waals surface area contributed by atoms with E-state index in [-0.39, 0.29) is 71.6 Å². The molecule has 15 rings (SSSR count). The first-order chi connectivity index (χ1) is 53.6. The lowest BCUT2D eigenvalue weighted by atomic mass is 9.83. The summed E-state index contributed by atoms with van der Waals surface area (Å²) in [5.41, 5.74) is 17.2. The summed E-state index contributed by atoms with van der Waals surface area (Å²) in [6, 6.07) is 17.8. The molecule has 0 radical (unpaired) electrons. The molecule has 31 heteroatoms. The number of rotatable bonds is 22. The summed E-state index contributed by atoms with van der Waals surface area (Å²) >= 11 is 40.6. The minimum Gasteiger partial charge on any atom is -0.481 e. The second-order valence-corrected chi connectivity index (χ2v) is 36.5. The van der Waals surface area contributed by atoms with Gasteiger partial charge in [0.1, 0.15) is 38.5 Å². The quantitative estimate of drug-likeness (QED) is 0.0567. The zero-order chi connectivity index (χ0) is 79.0. The summed E-state index contributed by atoms with van der Waals surface area (Å²) in [5.74, 6) is -1.63. The summed E-state index contributed by atoms with van der Waals surface area (Å²) in [4.78, 5) is 63.1. The number of nitrogens with two attached hydrogens (primary N) is 1. The highest BCUT2D eigenvalue weighted by molar-refractivity contribution is 7.90. The summed E-state index contributed by atoms with van der Waals surface area (Å²) in [5, 5.41) is 60.0. The predicted octanol–water partition coefficient (Wildman–Crippen LogP) is 14.8. The Morgan fingerprint density at radius 3 is 1.53 bits per heavy atom. The number of hydrogen-bond donors (Lipinski definition) is 3. The number of nitrogens with zero attached hydrogens (tertiary/aromatic N) is 17. The van der Waals surface area contributed by atoms with Gasteiger partial charge in [-0.1, -0.05) is 127 Å². The van der Waals surface area contributed by atoms with E-state index in [1.807, 2.05) is 36.7 Å². The van der Waals surface area contributed by atoms with Crippen molar-refractivity contribution < 1.29 is 28.2 Å². The number of carboxylic acids is 1. The molecule has 15 atom stereocenters. The van der Waals surface area contributed by atoms with Gasteiger partial charge in [0.2, 0.25) is 5.91 Å². The number of fused-ring (bicyclic) bond motifs is 3. The second kappa shape index (κ2) is 32.3. The van der Waals surface area contributed by atoms with Crippen LogP contribution in [0.2, 0.25) is 30.1 Å². The molecule has 3 fully saturated rings.